The Bertz CT molecular complexity index is 990. The van der Waals surface area contributed by atoms with E-state index in [4.69, 9.17) is 0 Å². The number of pyridine rings is 1. The topological polar surface area (TPSA) is 105 Å². The Balaban J connectivity index is 1.65. The molecule has 4 rings (SSSR count). The van der Waals surface area contributed by atoms with Gasteiger partial charge < -0.3 is 10.0 Å². The standard InChI is InChI=1S/C17H16N2O5S/c20-15(14-12-4-2-1-3-11(12)5-7-18-14)19-9-17(10-19)13(16(21)22)6-8-25(17,23)24/h1-5,7,13H,6,8-10H2,(H,21,22). The maximum atomic E-state index is 12.8. The van der Waals surface area contributed by atoms with Crippen molar-refractivity contribution in [2.75, 3.05) is 18.8 Å². The van der Waals surface area contributed by atoms with Crippen molar-refractivity contribution in [2.45, 2.75) is 11.2 Å². The Labute approximate surface area is 144 Å². The van der Waals surface area contributed by atoms with Crippen LogP contribution in [-0.4, -0.2) is 58.9 Å². The number of amides is 1. The van der Waals surface area contributed by atoms with Gasteiger partial charge in [0.05, 0.1) is 11.7 Å². The summed E-state index contributed by atoms with van der Waals surface area (Å²) in [5, 5.41) is 10.9. The van der Waals surface area contributed by atoms with E-state index in [1.54, 1.807) is 18.2 Å². The molecule has 2 saturated heterocycles. The van der Waals surface area contributed by atoms with Crippen LogP contribution in [0.2, 0.25) is 0 Å². The first-order chi connectivity index (χ1) is 11.9. The minimum absolute atomic E-state index is 0.0873. The maximum Gasteiger partial charge on any atom is 0.308 e. The molecule has 1 atom stereocenters. The van der Waals surface area contributed by atoms with Crippen molar-refractivity contribution in [2.24, 2.45) is 5.92 Å². The summed E-state index contributed by atoms with van der Waals surface area (Å²) in [4.78, 5) is 29.8. The van der Waals surface area contributed by atoms with Crippen LogP contribution in [0.4, 0.5) is 0 Å². The zero-order valence-corrected chi connectivity index (χ0v) is 14.1. The lowest BCUT2D eigenvalue weighted by Gasteiger charge is -2.48. The molecule has 25 heavy (non-hydrogen) atoms. The van der Waals surface area contributed by atoms with Crippen LogP contribution in [0.25, 0.3) is 10.8 Å². The molecule has 2 aromatic rings. The largest absolute Gasteiger partial charge is 0.481 e. The fourth-order valence-corrected chi connectivity index (χ4v) is 6.21. The molecule has 2 aliphatic heterocycles. The van der Waals surface area contributed by atoms with Crippen LogP contribution in [-0.2, 0) is 14.6 Å². The lowest BCUT2D eigenvalue weighted by Crippen LogP contribution is -2.69. The second-order valence-corrected chi connectivity index (χ2v) is 9.06. The van der Waals surface area contributed by atoms with Gasteiger partial charge >= 0.3 is 5.97 Å². The Morgan fingerprint density at radius 3 is 2.64 bits per heavy atom. The third-order valence-corrected chi connectivity index (χ3v) is 7.86. The summed E-state index contributed by atoms with van der Waals surface area (Å²) < 4.78 is 23.4. The molecule has 1 amide bonds. The van der Waals surface area contributed by atoms with Gasteiger partial charge in [-0.3, -0.25) is 14.6 Å². The quantitative estimate of drug-likeness (QED) is 0.855. The molecule has 7 nitrogen and oxygen atoms in total. The number of benzene rings is 1. The van der Waals surface area contributed by atoms with E-state index in [0.29, 0.717) is 5.39 Å². The number of aromatic nitrogens is 1. The molecule has 1 spiro atoms. The van der Waals surface area contributed by atoms with Crippen molar-refractivity contribution < 1.29 is 23.1 Å². The Morgan fingerprint density at radius 2 is 1.92 bits per heavy atom. The van der Waals surface area contributed by atoms with Gasteiger partial charge in [0, 0.05) is 24.7 Å². The minimum Gasteiger partial charge on any atom is -0.481 e. The van der Waals surface area contributed by atoms with E-state index in [2.05, 4.69) is 4.98 Å². The number of rotatable bonds is 2. The van der Waals surface area contributed by atoms with Gasteiger partial charge in [0.15, 0.2) is 9.84 Å². The van der Waals surface area contributed by atoms with E-state index >= 15 is 0 Å². The second-order valence-electron chi connectivity index (χ2n) is 6.61. The van der Waals surface area contributed by atoms with Crippen LogP contribution < -0.4 is 0 Å². The fourth-order valence-electron chi connectivity index (χ4n) is 3.90. The number of aliphatic carboxylic acids is 1. The number of fused-ring (bicyclic) bond motifs is 1. The van der Waals surface area contributed by atoms with E-state index in [0.717, 1.165) is 5.39 Å². The molecule has 2 fully saturated rings. The molecule has 0 bridgehead atoms. The summed E-state index contributed by atoms with van der Waals surface area (Å²) >= 11 is 0. The molecule has 2 aliphatic rings. The Hall–Kier alpha value is -2.48. The van der Waals surface area contributed by atoms with Crippen LogP contribution >= 0.6 is 0 Å². The van der Waals surface area contributed by atoms with E-state index in [1.807, 2.05) is 12.1 Å². The van der Waals surface area contributed by atoms with Crippen LogP contribution in [0.1, 0.15) is 16.9 Å². The number of hydrogen-bond donors (Lipinski definition) is 1. The number of sulfone groups is 1. The predicted octanol–water partition coefficient (Wildman–Crippen LogP) is 0.949. The molecule has 8 heteroatoms. The van der Waals surface area contributed by atoms with E-state index < -0.39 is 26.5 Å². The number of nitrogens with zero attached hydrogens (tertiary/aromatic N) is 2. The second kappa shape index (κ2) is 5.26. The number of hydrogen-bond acceptors (Lipinski definition) is 5. The zero-order chi connectivity index (χ0) is 17.8. The first-order valence-electron chi connectivity index (χ1n) is 7.94. The van der Waals surface area contributed by atoms with Crippen molar-refractivity contribution >= 4 is 32.5 Å². The van der Waals surface area contributed by atoms with Gasteiger partial charge in [-0.25, -0.2) is 8.42 Å². The van der Waals surface area contributed by atoms with Gasteiger partial charge in [0.2, 0.25) is 0 Å². The van der Waals surface area contributed by atoms with E-state index in [9.17, 15) is 23.1 Å². The summed E-state index contributed by atoms with van der Waals surface area (Å²) in [6.07, 6.45) is 1.64. The fraction of sp³-hybridized carbons (Fsp3) is 0.353. The summed E-state index contributed by atoms with van der Waals surface area (Å²) in [5.41, 5.74) is 0.259. The zero-order valence-electron chi connectivity index (χ0n) is 13.3. The van der Waals surface area contributed by atoms with Crippen molar-refractivity contribution in [3.8, 4) is 0 Å². The van der Waals surface area contributed by atoms with Gasteiger partial charge in [-0.2, -0.15) is 0 Å². The van der Waals surface area contributed by atoms with Crippen molar-refractivity contribution in [1.82, 2.24) is 9.88 Å². The van der Waals surface area contributed by atoms with Gasteiger partial charge in [-0.1, -0.05) is 24.3 Å². The highest BCUT2D eigenvalue weighted by Gasteiger charge is 2.65. The number of likely N-dealkylation sites (tertiary alicyclic amines) is 1. The Morgan fingerprint density at radius 1 is 1.20 bits per heavy atom. The number of carbonyl (C=O) groups excluding carboxylic acids is 1. The lowest BCUT2D eigenvalue weighted by atomic mass is 9.83. The minimum atomic E-state index is -3.53. The lowest BCUT2D eigenvalue weighted by molar-refractivity contribution is -0.144. The maximum absolute atomic E-state index is 12.8. The van der Waals surface area contributed by atoms with Gasteiger partial charge in [-0.15, -0.1) is 0 Å². The first kappa shape index (κ1) is 16.0. The molecule has 1 unspecified atom stereocenters. The first-order valence-corrected chi connectivity index (χ1v) is 9.59. The Kier molecular flexibility index (Phi) is 3.37. The third kappa shape index (κ3) is 2.17. The molecule has 3 heterocycles. The summed E-state index contributed by atoms with van der Waals surface area (Å²) in [6, 6.07) is 9.12. The van der Waals surface area contributed by atoms with Crippen molar-refractivity contribution in [1.29, 1.82) is 0 Å². The average molecular weight is 360 g/mol. The summed E-state index contributed by atoms with van der Waals surface area (Å²) in [6.45, 7) is -0.175. The molecular weight excluding hydrogens is 344 g/mol. The SMILES string of the molecule is O=C(O)C1CCS(=O)(=O)C12CN(C(=O)c1nccc3ccccc13)C2. The third-order valence-electron chi connectivity index (χ3n) is 5.31. The molecule has 0 aliphatic carbocycles. The van der Waals surface area contributed by atoms with Gasteiger partial charge in [-0.05, 0) is 17.9 Å². The van der Waals surface area contributed by atoms with Crippen molar-refractivity contribution in [3.05, 3.63) is 42.2 Å². The molecule has 130 valence electrons. The monoisotopic (exact) mass is 360 g/mol. The van der Waals surface area contributed by atoms with Crippen LogP contribution in [0.5, 0.6) is 0 Å². The number of carbonyl (C=O) groups is 2. The predicted molar refractivity (Wildman–Crippen MR) is 89.9 cm³/mol. The molecule has 0 radical (unpaired) electrons. The highest BCUT2D eigenvalue weighted by Crippen LogP contribution is 2.45. The highest BCUT2D eigenvalue weighted by atomic mass is 32.2. The molecule has 1 aromatic heterocycles. The molecular formula is C17H16N2O5S. The number of carboxylic acids is 1. The molecule has 1 aromatic carbocycles. The number of carboxylic acid groups (broad SMARTS) is 1. The van der Waals surface area contributed by atoms with E-state index in [1.165, 1.54) is 11.1 Å². The summed E-state index contributed by atoms with van der Waals surface area (Å²) in [7, 11) is -3.53. The molecule has 1 N–H and O–H groups in total. The van der Waals surface area contributed by atoms with Gasteiger partial charge in [0.1, 0.15) is 10.4 Å². The van der Waals surface area contributed by atoms with E-state index in [-0.39, 0.29) is 36.9 Å². The average Bonchev–Trinajstić information content (AvgIpc) is 2.83. The van der Waals surface area contributed by atoms with Crippen molar-refractivity contribution in [3.63, 3.8) is 0 Å². The van der Waals surface area contributed by atoms with Crippen LogP contribution in [0.3, 0.4) is 0 Å². The van der Waals surface area contributed by atoms with Crippen LogP contribution in [0.15, 0.2) is 36.5 Å². The van der Waals surface area contributed by atoms with Gasteiger partial charge in [0.25, 0.3) is 5.91 Å². The highest BCUT2D eigenvalue weighted by molar-refractivity contribution is 7.93. The smallest absolute Gasteiger partial charge is 0.308 e. The summed E-state index contributed by atoms with van der Waals surface area (Å²) in [5.74, 6) is -2.58. The molecule has 0 saturated carbocycles. The van der Waals surface area contributed by atoms with Crippen LogP contribution in [0, 0.1) is 5.92 Å². The normalized spacial score (nSPS) is 23.5.